The van der Waals surface area contributed by atoms with E-state index in [0.717, 1.165) is 0 Å². The number of benzene rings is 2. The van der Waals surface area contributed by atoms with Crippen LogP contribution in [0.2, 0.25) is 0 Å². The number of nitrogens with two attached hydrogens (primary N) is 1. The summed E-state index contributed by atoms with van der Waals surface area (Å²) in [4.78, 5) is 34.8. The Bertz CT molecular complexity index is 1070. The lowest BCUT2D eigenvalue weighted by Crippen LogP contribution is -2.41. The summed E-state index contributed by atoms with van der Waals surface area (Å²) in [5, 5.41) is 14.0. The van der Waals surface area contributed by atoms with Gasteiger partial charge >= 0.3 is 12.1 Å². The van der Waals surface area contributed by atoms with Crippen LogP contribution in [0.25, 0.3) is 11.1 Å². The predicted molar refractivity (Wildman–Crippen MR) is 153 cm³/mol. The molecule has 0 unspecified atom stereocenters. The second kappa shape index (κ2) is 18.0. The molecule has 0 radical (unpaired) electrons. The quantitative estimate of drug-likeness (QED) is 0.175. The van der Waals surface area contributed by atoms with Gasteiger partial charge < -0.3 is 40.4 Å². The summed E-state index contributed by atoms with van der Waals surface area (Å²) in [6, 6.07) is 15.8. The van der Waals surface area contributed by atoms with E-state index in [4.69, 9.17) is 29.8 Å². The number of fused-ring (bicyclic) bond motifs is 3. The molecule has 2 amide bonds. The zero-order chi connectivity index (χ0) is 29.3. The highest BCUT2D eigenvalue weighted by atomic mass is 16.6. The number of amides is 2. The molecule has 0 aromatic heterocycles. The first-order valence-electron chi connectivity index (χ1n) is 14.0. The Morgan fingerprint density at radius 1 is 0.780 bits per heavy atom. The van der Waals surface area contributed by atoms with Crippen LogP contribution >= 0.6 is 0 Å². The van der Waals surface area contributed by atoms with E-state index in [1.807, 2.05) is 24.3 Å². The SMILES string of the molecule is N[C@@H](CCCCNC(=O)OCC1c2ccccc2-c2ccccc21)C(=O)NCCOCCOCCOCCC(=O)O. The van der Waals surface area contributed by atoms with Crippen LogP contribution in [0.4, 0.5) is 4.79 Å². The smallest absolute Gasteiger partial charge is 0.407 e. The van der Waals surface area contributed by atoms with Gasteiger partial charge in [-0.15, -0.1) is 0 Å². The maximum Gasteiger partial charge on any atom is 0.407 e. The molecule has 1 aliphatic rings. The molecule has 41 heavy (non-hydrogen) atoms. The Morgan fingerprint density at radius 2 is 1.37 bits per heavy atom. The van der Waals surface area contributed by atoms with Crippen LogP contribution in [-0.4, -0.2) is 88.5 Å². The number of ether oxygens (including phenoxy) is 4. The molecule has 11 nitrogen and oxygen atoms in total. The fourth-order valence-corrected chi connectivity index (χ4v) is 4.54. The van der Waals surface area contributed by atoms with Gasteiger partial charge in [0.05, 0.1) is 52.1 Å². The molecule has 0 saturated carbocycles. The van der Waals surface area contributed by atoms with E-state index in [0.29, 0.717) is 65.4 Å². The van der Waals surface area contributed by atoms with E-state index in [1.54, 1.807) is 0 Å². The van der Waals surface area contributed by atoms with E-state index in [1.165, 1.54) is 22.3 Å². The fraction of sp³-hybridized carbons (Fsp3) is 0.500. The lowest BCUT2D eigenvalue weighted by Gasteiger charge is -2.15. The number of carbonyl (C=O) groups is 3. The number of hydrogen-bond acceptors (Lipinski definition) is 8. The number of carboxylic acids is 1. The molecular weight excluding hydrogens is 530 g/mol. The summed E-state index contributed by atoms with van der Waals surface area (Å²) in [7, 11) is 0. The first kappa shape index (κ1) is 32.0. The van der Waals surface area contributed by atoms with Crippen molar-refractivity contribution >= 4 is 18.0 Å². The van der Waals surface area contributed by atoms with Gasteiger partial charge in [-0.1, -0.05) is 48.5 Å². The van der Waals surface area contributed by atoms with Crippen LogP contribution in [0, 0.1) is 0 Å². The third kappa shape index (κ3) is 11.1. The van der Waals surface area contributed by atoms with Gasteiger partial charge in [-0.05, 0) is 41.5 Å². The van der Waals surface area contributed by atoms with Gasteiger partial charge in [0.1, 0.15) is 6.61 Å². The van der Waals surface area contributed by atoms with Gasteiger partial charge in [-0.25, -0.2) is 4.79 Å². The van der Waals surface area contributed by atoms with Crippen molar-refractivity contribution < 1.29 is 38.4 Å². The number of unbranched alkanes of at least 4 members (excludes halogenated alkanes) is 1. The summed E-state index contributed by atoms with van der Waals surface area (Å²) < 4.78 is 21.3. The number of aliphatic carboxylic acids is 1. The molecule has 0 spiro atoms. The summed E-state index contributed by atoms with van der Waals surface area (Å²) in [5.74, 6) is -1.12. The van der Waals surface area contributed by atoms with Crippen molar-refractivity contribution in [2.45, 2.75) is 37.6 Å². The lowest BCUT2D eigenvalue weighted by molar-refractivity contribution is -0.138. The predicted octanol–water partition coefficient (Wildman–Crippen LogP) is 2.66. The normalized spacial score (nSPS) is 12.8. The van der Waals surface area contributed by atoms with Crippen molar-refractivity contribution in [3.63, 3.8) is 0 Å². The number of carboxylic acid groups (broad SMARTS) is 1. The Kier molecular flexibility index (Phi) is 14.1. The Balaban J connectivity index is 1.16. The minimum absolute atomic E-state index is 0.0200. The lowest BCUT2D eigenvalue weighted by atomic mass is 9.98. The Labute approximate surface area is 240 Å². The number of rotatable bonds is 20. The summed E-state index contributed by atoms with van der Waals surface area (Å²) in [6.07, 6.45) is 1.38. The van der Waals surface area contributed by atoms with Crippen LogP contribution in [0.5, 0.6) is 0 Å². The number of carbonyl (C=O) groups excluding carboxylic acids is 2. The van der Waals surface area contributed by atoms with Crippen molar-refractivity contribution in [3.8, 4) is 11.1 Å². The van der Waals surface area contributed by atoms with Crippen molar-refractivity contribution in [1.29, 1.82) is 0 Å². The molecule has 0 bridgehead atoms. The molecule has 3 rings (SSSR count). The fourth-order valence-electron chi connectivity index (χ4n) is 4.54. The molecule has 224 valence electrons. The van der Waals surface area contributed by atoms with Gasteiger partial charge in [0, 0.05) is 19.0 Å². The van der Waals surface area contributed by atoms with Crippen molar-refractivity contribution in [2.24, 2.45) is 5.73 Å². The molecule has 0 heterocycles. The third-order valence-electron chi connectivity index (χ3n) is 6.64. The molecule has 5 N–H and O–H groups in total. The summed E-state index contributed by atoms with van der Waals surface area (Å²) in [6.45, 7) is 2.97. The van der Waals surface area contributed by atoms with Crippen LogP contribution in [-0.2, 0) is 28.5 Å². The Morgan fingerprint density at radius 3 is 2.00 bits per heavy atom. The largest absolute Gasteiger partial charge is 0.481 e. The molecule has 0 saturated heterocycles. The van der Waals surface area contributed by atoms with E-state index < -0.39 is 18.1 Å². The highest BCUT2D eigenvalue weighted by molar-refractivity contribution is 5.81. The monoisotopic (exact) mass is 571 g/mol. The molecule has 2 aromatic rings. The van der Waals surface area contributed by atoms with Crippen LogP contribution < -0.4 is 16.4 Å². The van der Waals surface area contributed by atoms with Gasteiger partial charge in [-0.2, -0.15) is 0 Å². The van der Waals surface area contributed by atoms with Crippen molar-refractivity contribution in [2.75, 3.05) is 59.3 Å². The molecule has 0 aliphatic heterocycles. The van der Waals surface area contributed by atoms with E-state index in [2.05, 4.69) is 34.9 Å². The van der Waals surface area contributed by atoms with Crippen LogP contribution in [0.1, 0.15) is 42.7 Å². The van der Waals surface area contributed by atoms with Crippen LogP contribution in [0.3, 0.4) is 0 Å². The molecular formula is C30H41N3O8. The molecule has 1 atom stereocenters. The maximum atomic E-state index is 12.3. The number of alkyl carbamates (subject to hydrolysis) is 1. The molecule has 0 fully saturated rings. The standard InChI is InChI=1S/C30H41N3O8/c31-27(29(36)32-14-16-39-18-20-40-19-17-38-15-12-28(34)35)11-5-6-13-33-30(37)41-21-26-24-9-3-1-7-22(24)23-8-2-4-10-25(23)26/h1-4,7-10,26-27H,5-6,11-21,31H2,(H,32,36)(H,33,37)(H,34,35)/t27-/m0/s1. The molecule has 1 aliphatic carbocycles. The first-order valence-corrected chi connectivity index (χ1v) is 14.0. The van der Waals surface area contributed by atoms with Gasteiger partial charge in [0.2, 0.25) is 5.91 Å². The minimum atomic E-state index is -0.895. The zero-order valence-corrected chi connectivity index (χ0v) is 23.3. The molecule has 2 aromatic carbocycles. The van der Waals surface area contributed by atoms with E-state index in [-0.39, 0.29) is 31.5 Å². The highest BCUT2D eigenvalue weighted by Gasteiger charge is 2.28. The third-order valence-corrected chi connectivity index (χ3v) is 6.64. The Hall–Kier alpha value is -3.51. The topological polar surface area (TPSA) is 158 Å². The van der Waals surface area contributed by atoms with E-state index in [9.17, 15) is 14.4 Å². The highest BCUT2D eigenvalue weighted by Crippen LogP contribution is 2.44. The first-order chi connectivity index (χ1) is 20.0. The zero-order valence-electron chi connectivity index (χ0n) is 23.3. The number of nitrogens with one attached hydrogen (secondary N) is 2. The summed E-state index contributed by atoms with van der Waals surface area (Å²) >= 11 is 0. The number of hydrogen-bond donors (Lipinski definition) is 4. The minimum Gasteiger partial charge on any atom is -0.481 e. The van der Waals surface area contributed by atoms with Gasteiger partial charge in [0.25, 0.3) is 0 Å². The summed E-state index contributed by atoms with van der Waals surface area (Å²) in [5.41, 5.74) is 10.7. The molecule has 11 heteroatoms. The maximum absolute atomic E-state index is 12.3. The average Bonchev–Trinajstić information content (AvgIpc) is 3.29. The van der Waals surface area contributed by atoms with Crippen molar-refractivity contribution in [1.82, 2.24) is 10.6 Å². The van der Waals surface area contributed by atoms with Gasteiger partial charge in [-0.3, -0.25) is 9.59 Å². The van der Waals surface area contributed by atoms with E-state index >= 15 is 0 Å². The second-order valence-corrected chi connectivity index (χ2v) is 9.63. The average molecular weight is 572 g/mol. The van der Waals surface area contributed by atoms with Crippen molar-refractivity contribution in [3.05, 3.63) is 59.7 Å². The second-order valence-electron chi connectivity index (χ2n) is 9.63. The van der Waals surface area contributed by atoms with Gasteiger partial charge in [0.15, 0.2) is 0 Å². The van der Waals surface area contributed by atoms with Crippen LogP contribution in [0.15, 0.2) is 48.5 Å².